The van der Waals surface area contributed by atoms with E-state index in [-0.39, 0.29) is 14.7 Å². The van der Waals surface area contributed by atoms with E-state index in [2.05, 4.69) is 31.9 Å². The Morgan fingerprint density at radius 1 is 1.35 bits per heavy atom. The van der Waals surface area contributed by atoms with Gasteiger partial charge in [-0.3, -0.25) is 4.79 Å². The number of aldehydes is 1. The molecule has 0 saturated carbocycles. The fourth-order valence-corrected chi connectivity index (χ4v) is 3.20. The van der Waals surface area contributed by atoms with Gasteiger partial charge in [0.1, 0.15) is 5.76 Å². The lowest BCUT2D eigenvalue weighted by Crippen LogP contribution is -1.87. The summed E-state index contributed by atoms with van der Waals surface area (Å²) in [5.74, 6) is 0.00937. The zero-order valence-electron chi connectivity index (χ0n) is 8.14. The minimum atomic E-state index is -0.478. The van der Waals surface area contributed by atoms with Crippen LogP contribution in [0.4, 0.5) is 4.39 Å². The predicted octanol–water partition coefficient (Wildman–Crippen LogP) is 5.08. The number of hydrogen-bond acceptors (Lipinski definition) is 2. The molecule has 0 bridgehead atoms. The SMILES string of the molecule is O=Cc1ccc(-c2c(Cl)cc(Br)c(F)c2Br)o1. The molecule has 1 heterocycles. The summed E-state index contributed by atoms with van der Waals surface area (Å²) < 4.78 is 19.3. The fourth-order valence-electron chi connectivity index (χ4n) is 1.34. The van der Waals surface area contributed by atoms with Gasteiger partial charge in [0, 0.05) is 0 Å². The molecule has 0 aliphatic carbocycles. The molecule has 0 spiro atoms. The van der Waals surface area contributed by atoms with Gasteiger partial charge in [0.15, 0.2) is 17.9 Å². The van der Waals surface area contributed by atoms with Crippen molar-refractivity contribution in [1.29, 1.82) is 0 Å². The summed E-state index contributed by atoms with van der Waals surface area (Å²) in [6.07, 6.45) is 0.570. The van der Waals surface area contributed by atoms with Crippen LogP contribution in [0, 0.1) is 5.82 Å². The van der Waals surface area contributed by atoms with E-state index >= 15 is 0 Å². The molecule has 0 saturated heterocycles. The average molecular weight is 382 g/mol. The lowest BCUT2D eigenvalue weighted by Gasteiger charge is -2.06. The summed E-state index contributed by atoms with van der Waals surface area (Å²) in [7, 11) is 0. The molecule has 0 aliphatic heterocycles. The Bertz CT molecular complexity index is 595. The van der Waals surface area contributed by atoms with E-state index in [1.54, 1.807) is 6.07 Å². The smallest absolute Gasteiger partial charge is 0.185 e. The van der Waals surface area contributed by atoms with Crippen LogP contribution in [0.2, 0.25) is 5.02 Å². The maximum absolute atomic E-state index is 13.7. The summed E-state index contributed by atoms with van der Waals surface area (Å²) in [5.41, 5.74) is 0.375. The van der Waals surface area contributed by atoms with Crippen molar-refractivity contribution in [3.8, 4) is 11.3 Å². The Hall–Kier alpha value is -0.650. The van der Waals surface area contributed by atoms with Crippen molar-refractivity contribution in [3.63, 3.8) is 0 Å². The highest BCUT2D eigenvalue weighted by atomic mass is 79.9. The van der Waals surface area contributed by atoms with Crippen LogP contribution in [0.15, 0.2) is 31.6 Å². The number of rotatable bonds is 2. The zero-order valence-corrected chi connectivity index (χ0v) is 12.1. The zero-order chi connectivity index (χ0) is 12.6. The first-order valence-electron chi connectivity index (χ1n) is 4.43. The Morgan fingerprint density at radius 2 is 2.06 bits per heavy atom. The highest BCUT2D eigenvalue weighted by Gasteiger charge is 2.18. The van der Waals surface area contributed by atoms with E-state index in [0.29, 0.717) is 22.6 Å². The Balaban J connectivity index is 2.66. The molecule has 2 rings (SSSR count). The van der Waals surface area contributed by atoms with Crippen molar-refractivity contribution in [3.05, 3.63) is 43.7 Å². The first-order valence-corrected chi connectivity index (χ1v) is 6.39. The number of halogens is 4. The normalized spacial score (nSPS) is 10.6. The van der Waals surface area contributed by atoms with Crippen molar-refractivity contribution < 1.29 is 13.6 Å². The van der Waals surface area contributed by atoms with Gasteiger partial charge in [0.2, 0.25) is 0 Å². The van der Waals surface area contributed by atoms with E-state index in [4.69, 9.17) is 16.0 Å². The van der Waals surface area contributed by atoms with Crippen LogP contribution in [0.5, 0.6) is 0 Å². The second-order valence-corrected chi connectivity index (χ2v) is 5.22. The van der Waals surface area contributed by atoms with Crippen molar-refractivity contribution in [2.45, 2.75) is 0 Å². The summed E-state index contributed by atoms with van der Waals surface area (Å²) in [5, 5.41) is 0.317. The molecule has 0 N–H and O–H groups in total. The third-order valence-corrected chi connectivity index (χ3v) is 3.72. The van der Waals surface area contributed by atoms with Crippen molar-refractivity contribution in [2.75, 3.05) is 0 Å². The topological polar surface area (TPSA) is 30.2 Å². The molecule has 2 nitrogen and oxygen atoms in total. The Labute approximate surface area is 118 Å². The van der Waals surface area contributed by atoms with Gasteiger partial charge in [-0.25, -0.2) is 4.39 Å². The number of furan rings is 1. The largest absolute Gasteiger partial charge is 0.453 e. The lowest BCUT2D eigenvalue weighted by molar-refractivity contribution is 0.110. The molecule has 1 aromatic heterocycles. The summed E-state index contributed by atoms with van der Waals surface area (Å²) in [6, 6.07) is 4.48. The van der Waals surface area contributed by atoms with Gasteiger partial charge in [-0.15, -0.1) is 0 Å². The average Bonchev–Trinajstić information content (AvgIpc) is 2.74. The third-order valence-electron chi connectivity index (χ3n) is 2.10. The first kappa shape index (κ1) is 12.8. The van der Waals surface area contributed by atoms with Crippen LogP contribution in [0.1, 0.15) is 10.6 Å². The van der Waals surface area contributed by atoms with Crippen LogP contribution < -0.4 is 0 Å². The monoisotopic (exact) mass is 380 g/mol. The minimum Gasteiger partial charge on any atom is -0.453 e. The molecule has 1 aromatic carbocycles. The summed E-state index contributed by atoms with van der Waals surface area (Å²) >= 11 is 12.2. The van der Waals surface area contributed by atoms with Crippen LogP contribution in [0.25, 0.3) is 11.3 Å². The number of benzene rings is 1. The van der Waals surface area contributed by atoms with E-state index in [0.717, 1.165) is 0 Å². The number of carbonyl (C=O) groups is 1. The maximum Gasteiger partial charge on any atom is 0.185 e. The highest BCUT2D eigenvalue weighted by Crippen LogP contribution is 2.40. The van der Waals surface area contributed by atoms with Gasteiger partial charge in [0.05, 0.1) is 19.5 Å². The van der Waals surface area contributed by atoms with Crippen LogP contribution in [-0.4, -0.2) is 6.29 Å². The molecule has 0 radical (unpaired) electrons. The molecular formula is C11H4Br2ClFO2. The van der Waals surface area contributed by atoms with Gasteiger partial charge in [-0.1, -0.05) is 11.6 Å². The standard InChI is InChI=1S/C11H4Br2ClFO2/c12-6-3-7(14)9(10(13)11(6)15)8-2-1-5(4-16)17-8/h1-4H. The Kier molecular flexibility index (Phi) is 3.70. The first-order chi connectivity index (χ1) is 8.04. The highest BCUT2D eigenvalue weighted by molar-refractivity contribution is 9.11. The summed E-state index contributed by atoms with van der Waals surface area (Å²) in [6.45, 7) is 0. The number of carbonyl (C=O) groups excluding carboxylic acids is 1. The quantitative estimate of drug-likeness (QED) is 0.412. The van der Waals surface area contributed by atoms with Crippen LogP contribution >= 0.6 is 43.5 Å². The molecule has 0 atom stereocenters. The molecule has 0 unspecified atom stereocenters. The van der Waals surface area contributed by atoms with Gasteiger partial charge < -0.3 is 4.42 Å². The minimum absolute atomic E-state index is 0.159. The molecule has 0 aliphatic rings. The summed E-state index contributed by atoms with van der Waals surface area (Å²) in [4.78, 5) is 10.5. The van der Waals surface area contributed by atoms with Gasteiger partial charge >= 0.3 is 0 Å². The lowest BCUT2D eigenvalue weighted by atomic mass is 10.1. The van der Waals surface area contributed by atoms with Crippen LogP contribution in [0.3, 0.4) is 0 Å². The van der Waals surface area contributed by atoms with E-state index < -0.39 is 5.82 Å². The van der Waals surface area contributed by atoms with E-state index in [1.165, 1.54) is 12.1 Å². The van der Waals surface area contributed by atoms with Crippen molar-refractivity contribution in [1.82, 2.24) is 0 Å². The van der Waals surface area contributed by atoms with Crippen LogP contribution in [-0.2, 0) is 0 Å². The molecule has 17 heavy (non-hydrogen) atoms. The van der Waals surface area contributed by atoms with E-state index in [1.807, 2.05) is 0 Å². The van der Waals surface area contributed by atoms with Crippen molar-refractivity contribution >= 4 is 49.7 Å². The van der Waals surface area contributed by atoms with Gasteiger partial charge in [-0.05, 0) is 50.1 Å². The van der Waals surface area contributed by atoms with Gasteiger partial charge in [-0.2, -0.15) is 0 Å². The molecule has 0 fully saturated rings. The third kappa shape index (κ3) is 2.32. The molecule has 0 amide bonds. The maximum atomic E-state index is 13.7. The molecule has 6 heteroatoms. The van der Waals surface area contributed by atoms with Crippen molar-refractivity contribution in [2.24, 2.45) is 0 Å². The fraction of sp³-hybridized carbons (Fsp3) is 0. The van der Waals surface area contributed by atoms with Gasteiger partial charge in [0.25, 0.3) is 0 Å². The second kappa shape index (κ2) is 4.92. The molecule has 88 valence electrons. The second-order valence-electron chi connectivity index (χ2n) is 3.16. The Morgan fingerprint density at radius 3 is 2.65 bits per heavy atom. The molecular weight excluding hydrogens is 378 g/mol. The molecule has 2 aromatic rings. The van der Waals surface area contributed by atoms with E-state index in [9.17, 15) is 9.18 Å². The number of hydrogen-bond donors (Lipinski definition) is 0. The predicted molar refractivity (Wildman–Crippen MR) is 69.9 cm³/mol.